The zero-order valence-electron chi connectivity index (χ0n) is 9.16. The third-order valence-corrected chi connectivity index (χ3v) is 2.51. The predicted octanol–water partition coefficient (Wildman–Crippen LogP) is 2.96. The van der Waals surface area contributed by atoms with E-state index in [1.54, 1.807) is 0 Å². The molecule has 0 aliphatic heterocycles. The molecule has 1 rings (SSSR count). The van der Waals surface area contributed by atoms with E-state index >= 15 is 0 Å². The van der Waals surface area contributed by atoms with E-state index in [0.29, 0.717) is 4.47 Å². The number of nitrogens with zero attached hydrogens (tertiary/aromatic N) is 1. The number of halogens is 2. The van der Waals surface area contributed by atoms with Crippen LogP contribution in [0.4, 0.5) is 15.8 Å². The number of nitrogens with one attached hydrogen (secondary N) is 1. The quantitative estimate of drug-likeness (QED) is 0.686. The van der Waals surface area contributed by atoms with Crippen LogP contribution in [0.3, 0.4) is 0 Å². The fourth-order valence-corrected chi connectivity index (χ4v) is 1.64. The van der Waals surface area contributed by atoms with Crippen molar-refractivity contribution in [1.29, 1.82) is 0 Å². The second-order valence-electron chi connectivity index (χ2n) is 3.26. The molecule has 1 unspecified atom stereocenters. The number of anilines is 1. The second kappa shape index (κ2) is 5.72. The average Bonchev–Trinajstić information content (AvgIpc) is 2.30. The van der Waals surface area contributed by atoms with Crippen LogP contribution in [0.25, 0.3) is 0 Å². The van der Waals surface area contributed by atoms with Gasteiger partial charge in [-0.2, -0.15) is 0 Å². The Kier molecular flexibility index (Phi) is 4.56. The first-order valence-electron chi connectivity index (χ1n) is 4.66. The third kappa shape index (κ3) is 3.23. The molecule has 0 aromatic heterocycles. The molecule has 0 saturated carbocycles. The van der Waals surface area contributed by atoms with Gasteiger partial charge in [0.1, 0.15) is 23.2 Å². The highest BCUT2D eigenvalue weighted by Gasteiger charge is 2.18. The normalized spacial score (nSPS) is 11.8. The summed E-state index contributed by atoms with van der Waals surface area (Å²) in [7, 11) is 1.22. The lowest BCUT2D eigenvalue weighted by Crippen LogP contribution is -2.27. The summed E-state index contributed by atoms with van der Waals surface area (Å²) in [6.45, 7) is 1.49. The highest BCUT2D eigenvalue weighted by atomic mass is 79.9. The summed E-state index contributed by atoms with van der Waals surface area (Å²) in [4.78, 5) is 21.7. The molecule has 0 bridgehead atoms. The van der Waals surface area contributed by atoms with Crippen LogP contribution in [0.2, 0.25) is 0 Å². The number of carbonyl (C=O) groups is 1. The molecule has 0 amide bonds. The van der Waals surface area contributed by atoms with E-state index in [-0.39, 0.29) is 11.4 Å². The Morgan fingerprint density at radius 1 is 1.59 bits per heavy atom. The predicted molar refractivity (Wildman–Crippen MR) is 64.7 cm³/mol. The van der Waals surface area contributed by atoms with E-state index in [2.05, 4.69) is 31.2 Å². The molecule has 0 radical (unpaired) electrons. The van der Waals surface area contributed by atoms with Gasteiger partial charge in [0.2, 0.25) is 0 Å². The van der Waals surface area contributed by atoms with Gasteiger partial charge in [0.05, 0.1) is 7.11 Å². The number of methoxy groups -OCH3 is 1. The van der Waals surface area contributed by atoms with E-state index in [9.17, 15) is 14.1 Å². The Hall–Kier alpha value is -1.50. The number of benzene rings is 1. The molecule has 0 saturated heterocycles. The van der Waals surface area contributed by atoms with E-state index in [4.69, 9.17) is 0 Å². The molecule has 7 heteroatoms. The zero-order chi connectivity index (χ0) is 13.0. The van der Waals surface area contributed by atoms with Crippen LogP contribution in [-0.2, 0) is 9.53 Å². The first-order valence-corrected chi connectivity index (χ1v) is 5.45. The Bertz CT molecular complexity index is 453. The van der Waals surface area contributed by atoms with Crippen molar-refractivity contribution in [2.75, 3.05) is 12.4 Å². The standard InChI is InChI=1S/C10H10BrFN2O3/c1-5(10(15)17-2)13-9-7(12)3-6(11)4-8(9)14-16/h3-5,13H,1-2H3. The molecule has 1 aromatic rings. The molecule has 0 aliphatic rings. The SMILES string of the molecule is COC(=O)C(C)Nc1c(F)cc(Br)cc1N=O. The summed E-state index contributed by atoms with van der Waals surface area (Å²) in [5.74, 6) is -1.24. The Labute approximate surface area is 105 Å². The monoisotopic (exact) mass is 304 g/mol. The van der Waals surface area contributed by atoms with Crippen LogP contribution >= 0.6 is 15.9 Å². The van der Waals surface area contributed by atoms with Crippen molar-refractivity contribution in [2.24, 2.45) is 5.18 Å². The summed E-state index contributed by atoms with van der Waals surface area (Å²) in [6, 6.07) is 1.74. The lowest BCUT2D eigenvalue weighted by atomic mass is 10.2. The van der Waals surface area contributed by atoms with Gasteiger partial charge in [-0.3, -0.25) is 0 Å². The molecule has 1 N–H and O–H groups in total. The fourth-order valence-electron chi connectivity index (χ4n) is 1.23. The maximum atomic E-state index is 13.6. The molecule has 5 nitrogen and oxygen atoms in total. The van der Waals surface area contributed by atoms with E-state index in [0.717, 1.165) is 0 Å². The van der Waals surface area contributed by atoms with E-state index in [1.807, 2.05) is 0 Å². The first-order chi connectivity index (χ1) is 7.99. The van der Waals surface area contributed by atoms with Gasteiger partial charge in [-0.25, -0.2) is 9.18 Å². The van der Waals surface area contributed by atoms with Crippen molar-refractivity contribution in [3.8, 4) is 0 Å². The smallest absolute Gasteiger partial charge is 0.327 e. The Morgan fingerprint density at radius 3 is 2.76 bits per heavy atom. The number of ether oxygens (including phenoxy) is 1. The van der Waals surface area contributed by atoms with Crippen molar-refractivity contribution >= 4 is 33.3 Å². The van der Waals surface area contributed by atoms with Gasteiger partial charge in [-0.05, 0) is 24.2 Å². The van der Waals surface area contributed by atoms with Crippen LogP contribution in [0.5, 0.6) is 0 Å². The molecule has 0 spiro atoms. The lowest BCUT2D eigenvalue weighted by Gasteiger charge is -2.14. The van der Waals surface area contributed by atoms with Crippen molar-refractivity contribution in [3.05, 3.63) is 27.3 Å². The second-order valence-corrected chi connectivity index (χ2v) is 4.18. The molecule has 0 fully saturated rings. The van der Waals surface area contributed by atoms with E-state index < -0.39 is 17.8 Å². The lowest BCUT2D eigenvalue weighted by molar-refractivity contribution is -0.141. The highest BCUT2D eigenvalue weighted by Crippen LogP contribution is 2.32. The van der Waals surface area contributed by atoms with Crippen molar-refractivity contribution < 1.29 is 13.9 Å². The van der Waals surface area contributed by atoms with Crippen molar-refractivity contribution in [3.63, 3.8) is 0 Å². The van der Waals surface area contributed by atoms with Crippen LogP contribution in [0, 0.1) is 10.7 Å². The number of rotatable bonds is 4. The summed E-state index contributed by atoms with van der Waals surface area (Å²) in [5, 5.41) is 5.24. The Balaban J connectivity index is 3.05. The molecule has 17 heavy (non-hydrogen) atoms. The minimum absolute atomic E-state index is 0.118. The average molecular weight is 305 g/mol. The van der Waals surface area contributed by atoms with Gasteiger partial charge in [-0.15, -0.1) is 4.91 Å². The Morgan fingerprint density at radius 2 is 2.24 bits per heavy atom. The largest absolute Gasteiger partial charge is 0.467 e. The van der Waals surface area contributed by atoms with E-state index in [1.165, 1.54) is 26.2 Å². The van der Waals surface area contributed by atoms with Gasteiger partial charge in [0.25, 0.3) is 0 Å². The van der Waals surface area contributed by atoms with Gasteiger partial charge in [-0.1, -0.05) is 15.9 Å². The summed E-state index contributed by atoms with van der Waals surface area (Å²) >= 11 is 3.04. The molecule has 0 heterocycles. The minimum atomic E-state index is -0.781. The topological polar surface area (TPSA) is 67.8 Å². The zero-order valence-corrected chi connectivity index (χ0v) is 10.7. The maximum absolute atomic E-state index is 13.6. The number of esters is 1. The summed E-state index contributed by atoms with van der Waals surface area (Å²) < 4.78 is 18.5. The van der Waals surface area contributed by atoms with Crippen molar-refractivity contribution in [2.45, 2.75) is 13.0 Å². The van der Waals surface area contributed by atoms with Gasteiger partial charge in [0, 0.05) is 4.47 Å². The van der Waals surface area contributed by atoms with Crippen LogP contribution in [-0.4, -0.2) is 19.1 Å². The molecule has 1 atom stereocenters. The van der Waals surface area contributed by atoms with Gasteiger partial charge >= 0.3 is 5.97 Å². The van der Waals surface area contributed by atoms with Gasteiger partial charge in [0.15, 0.2) is 0 Å². The summed E-state index contributed by atoms with van der Waals surface area (Å²) in [6.07, 6.45) is 0. The molecule has 92 valence electrons. The molecule has 1 aromatic carbocycles. The molecular formula is C10H10BrFN2O3. The maximum Gasteiger partial charge on any atom is 0.327 e. The fraction of sp³-hybridized carbons (Fsp3) is 0.300. The number of carbonyl (C=O) groups excluding carboxylic acids is 1. The third-order valence-electron chi connectivity index (χ3n) is 2.05. The molecule has 0 aliphatic carbocycles. The number of nitroso groups, excluding NO2 is 1. The first kappa shape index (κ1) is 13.6. The number of hydrogen-bond acceptors (Lipinski definition) is 5. The highest BCUT2D eigenvalue weighted by molar-refractivity contribution is 9.10. The summed E-state index contributed by atoms with van der Waals surface area (Å²) in [5.41, 5.74) is -0.242. The van der Waals surface area contributed by atoms with Crippen molar-refractivity contribution in [1.82, 2.24) is 0 Å². The van der Waals surface area contributed by atoms with Crippen LogP contribution < -0.4 is 5.32 Å². The van der Waals surface area contributed by atoms with Gasteiger partial charge < -0.3 is 10.1 Å². The minimum Gasteiger partial charge on any atom is -0.467 e. The molecular weight excluding hydrogens is 295 g/mol. The number of hydrogen-bond donors (Lipinski definition) is 1. The van der Waals surface area contributed by atoms with Crippen LogP contribution in [0.15, 0.2) is 21.8 Å². The van der Waals surface area contributed by atoms with Crippen LogP contribution in [0.1, 0.15) is 6.92 Å².